The van der Waals surface area contributed by atoms with Crippen molar-refractivity contribution in [2.24, 2.45) is 5.92 Å². The minimum Gasteiger partial charge on any atom is -0.355 e. The Morgan fingerprint density at radius 1 is 1.03 bits per heavy atom. The Bertz CT molecular complexity index is 848. The van der Waals surface area contributed by atoms with Gasteiger partial charge in [0.25, 0.3) is 0 Å². The molecule has 0 aliphatic rings. The van der Waals surface area contributed by atoms with Gasteiger partial charge in [-0.2, -0.15) is 0 Å². The molecule has 0 saturated carbocycles. The summed E-state index contributed by atoms with van der Waals surface area (Å²) in [5, 5.41) is 7.82. The van der Waals surface area contributed by atoms with Gasteiger partial charge in [0.15, 0.2) is 5.13 Å². The fraction of sp³-hybridized carbons (Fsp3) is 0.478. The number of thiazole rings is 1. The molecule has 8 heteroatoms. The summed E-state index contributed by atoms with van der Waals surface area (Å²) in [6.07, 6.45) is 2.50. The van der Waals surface area contributed by atoms with Gasteiger partial charge < -0.3 is 15.5 Å². The van der Waals surface area contributed by atoms with Crippen LogP contribution in [-0.4, -0.2) is 35.8 Å². The van der Waals surface area contributed by atoms with E-state index in [0.717, 1.165) is 12.0 Å². The van der Waals surface area contributed by atoms with Crippen molar-refractivity contribution in [2.75, 3.05) is 23.3 Å². The molecule has 2 aromatic rings. The van der Waals surface area contributed by atoms with Crippen molar-refractivity contribution in [3.63, 3.8) is 0 Å². The number of anilines is 2. The predicted octanol–water partition coefficient (Wildman–Crippen LogP) is 4.18. The van der Waals surface area contributed by atoms with E-state index in [9.17, 15) is 14.4 Å². The maximum Gasteiger partial charge on any atom is 0.240 e. The van der Waals surface area contributed by atoms with E-state index in [4.69, 9.17) is 0 Å². The Kier molecular flexibility index (Phi) is 9.65. The first-order valence-corrected chi connectivity index (χ1v) is 11.5. The number of aromatic nitrogens is 1. The molecule has 2 N–H and O–H groups in total. The maximum atomic E-state index is 12.9. The Hall–Kier alpha value is -2.74. The average molecular weight is 445 g/mol. The van der Waals surface area contributed by atoms with Gasteiger partial charge in [0.2, 0.25) is 17.7 Å². The number of rotatable bonds is 11. The Morgan fingerprint density at radius 2 is 1.74 bits per heavy atom. The minimum atomic E-state index is -0.278. The van der Waals surface area contributed by atoms with Crippen LogP contribution < -0.4 is 15.5 Å². The monoisotopic (exact) mass is 444 g/mol. The van der Waals surface area contributed by atoms with Crippen LogP contribution in [0.25, 0.3) is 0 Å². The third kappa shape index (κ3) is 8.49. The zero-order valence-electron chi connectivity index (χ0n) is 18.7. The molecule has 0 radical (unpaired) electrons. The van der Waals surface area contributed by atoms with Gasteiger partial charge in [0.05, 0.1) is 0 Å². The molecule has 0 atom stereocenters. The van der Waals surface area contributed by atoms with Gasteiger partial charge in [-0.25, -0.2) is 4.98 Å². The van der Waals surface area contributed by atoms with Gasteiger partial charge in [-0.1, -0.05) is 39.8 Å². The van der Waals surface area contributed by atoms with Crippen LogP contribution in [0.2, 0.25) is 0 Å². The lowest BCUT2D eigenvalue weighted by Crippen LogP contribution is -2.41. The largest absolute Gasteiger partial charge is 0.355 e. The van der Waals surface area contributed by atoms with Gasteiger partial charge in [0.1, 0.15) is 6.54 Å². The second kappa shape index (κ2) is 12.2. The molecule has 1 aromatic heterocycles. The Labute approximate surface area is 188 Å². The van der Waals surface area contributed by atoms with E-state index in [1.165, 1.54) is 16.2 Å². The van der Waals surface area contributed by atoms with Crippen molar-refractivity contribution in [3.8, 4) is 0 Å². The summed E-state index contributed by atoms with van der Waals surface area (Å²) in [5.41, 5.74) is 1.80. The van der Waals surface area contributed by atoms with Crippen molar-refractivity contribution in [1.29, 1.82) is 0 Å². The van der Waals surface area contributed by atoms with Crippen molar-refractivity contribution < 1.29 is 14.4 Å². The quantitative estimate of drug-likeness (QED) is 0.544. The van der Waals surface area contributed by atoms with Crippen LogP contribution in [0.1, 0.15) is 58.4 Å². The van der Waals surface area contributed by atoms with Gasteiger partial charge in [-0.05, 0) is 36.0 Å². The SMILES string of the molecule is CC(C)CCNC(=O)CN(C(=O)CCC(=O)Nc1nccs1)c1ccc(C(C)C)cc1. The highest BCUT2D eigenvalue weighted by Crippen LogP contribution is 2.21. The third-order valence-corrected chi connectivity index (χ3v) is 5.45. The summed E-state index contributed by atoms with van der Waals surface area (Å²) in [4.78, 5) is 43.0. The number of nitrogens with zero attached hydrogens (tertiary/aromatic N) is 2. The van der Waals surface area contributed by atoms with Crippen LogP contribution in [0.3, 0.4) is 0 Å². The summed E-state index contributed by atoms with van der Waals surface area (Å²) in [5.74, 6) is 0.0876. The minimum absolute atomic E-state index is 0.00240. The van der Waals surface area contributed by atoms with Crippen molar-refractivity contribution >= 4 is 39.9 Å². The highest BCUT2D eigenvalue weighted by atomic mass is 32.1. The number of carbonyl (C=O) groups excluding carboxylic acids is 3. The molecular weight excluding hydrogens is 412 g/mol. The maximum absolute atomic E-state index is 12.9. The second-order valence-corrected chi connectivity index (χ2v) is 9.04. The van der Waals surface area contributed by atoms with Crippen LogP contribution >= 0.6 is 11.3 Å². The van der Waals surface area contributed by atoms with Gasteiger partial charge in [-0.3, -0.25) is 14.4 Å². The lowest BCUT2D eigenvalue weighted by atomic mass is 10.0. The molecule has 0 aliphatic heterocycles. The fourth-order valence-electron chi connectivity index (χ4n) is 2.88. The summed E-state index contributed by atoms with van der Waals surface area (Å²) >= 11 is 1.32. The fourth-order valence-corrected chi connectivity index (χ4v) is 3.43. The Balaban J connectivity index is 2.03. The lowest BCUT2D eigenvalue weighted by Gasteiger charge is -2.23. The predicted molar refractivity (Wildman–Crippen MR) is 125 cm³/mol. The van der Waals surface area contributed by atoms with Gasteiger partial charge >= 0.3 is 0 Å². The molecule has 0 fully saturated rings. The average Bonchev–Trinajstić information content (AvgIpc) is 3.23. The zero-order valence-corrected chi connectivity index (χ0v) is 19.5. The van der Waals surface area contributed by atoms with E-state index < -0.39 is 0 Å². The molecule has 31 heavy (non-hydrogen) atoms. The third-order valence-electron chi connectivity index (χ3n) is 4.76. The molecule has 168 valence electrons. The normalized spacial score (nSPS) is 10.9. The van der Waals surface area contributed by atoms with Crippen molar-refractivity contribution in [2.45, 2.75) is 52.9 Å². The molecule has 1 aromatic carbocycles. The standard InChI is InChI=1S/C23H32N4O3S/c1-16(2)11-12-24-21(29)15-27(19-7-5-18(6-8-19)17(3)4)22(30)10-9-20(28)26-23-25-13-14-31-23/h5-8,13-14,16-17H,9-12,15H2,1-4H3,(H,24,29)(H,25,26,28). The smallest absolute Gasteiger partial charge is 0.240 e. The molecular formula is C23H32N4O3S. The molecule has 0 spiro atoms. The van der Waals surface area contributed by atoms with Crippen LogP contribution in [0.4, 0.5) is 10.8 Å². The van der Waals surface area contributed by atoms with Crippen LogP contribution in [0, 0.1) is 5.92 Å². The molecule has 0 bridgehead atoms. The van der Waals surface area contributed by atoms with Crippen molar-refractivity contribution in [1.82, 2.24) is 10.3 Å². The number of benzene rings is 1. The summed E-state index contributed by atoms with van der Waals surface area (Å²) in [6, 6.07) is 7.63. The highest BCUT2D eigenvalue weighted by Gasteiger charge is 2.20. The molecule has 0 saturated heterocycles. The molecule has 3 amide bonds. The van der Waals surface area contributed by atoms with E-state index >= 15 is 0 Å². The first kappa shape index (κ1) is 24.5. The van der Waals surface area contributed by atoms with Gasteiger partial charge in [0, 0.05) is 36.7 Å². The number of nitrogens with one attached hydrogen (secondary N) is 2. The van der Waals surface area contributed by atoms with Gasteiger partial charge in [-0.15, -0.1) is 11.3 Å². The first-order valence-electron chi connectivity index (χ1n) is 10.6. The molecule has 7 nitrogen and oxygen atoms in total. The summed E-state index contributed by atoms with van der Waals surface area (Å²) < 4.78 is 0. The molecule has 1 heterocycles. The summed E-state index contributed by atoms with van der Waals surface area (Å²) in [7, 11) is 0. The first-order chi connectivity index (χ1) is 14.8. The number of amides is 3. The van der Waals surface area contributed by atoms with Crippen LogP contribution in [0.5, 0.6) is 0 Å². The number of hydrogen-bond acceptors (Lipinski definition) is 5. The van der Waals surface area contributed by atoms with Crippen LogP contribution in [0.15, 0.2) is 35.8 Å². The number of hydrogen-bond donors (Lipinski definition) is 2. The van der Waals surface area contributed by atoms with E-state index in [-0.39, 0.29) is 37.1 Å². The summed E-state index contributed by atoms with van der Waals surface area (Å²) in [6.45, 7) is 8.87. The van der Waals surface area contributed by atoms with E-state index in [0.29, 0.717) is 29.2 Å². The second-order valence-electron chi connectivity index (χ2n) is 8.14. The van der Waals surface area contributed by atoms with E-state index in [2.05, 4.69) is 43.3 Å². The topological polar surface area (TPSA) is 91.4 Å². The highest BCUT2D eigenvalue weighted by molar-refractivity contribution is 7.13. The van der Waals surface area contributed by atoms with E-state index in [1.54, 1.807) is 11.6 Å². The number of carbonyl (C=O) groups is 3. The molecule has 2 rings (SSSR count). The lowest BCUT2D eigenvalue weighted by molar-refractivity contribution is -0.125. The van der Waals surface area contributed by atoms with E-state index in [1.807, 2.05) is 24.3 Å². The Morgan fingerprint density at radius 3 is 2.32 bits per heavy atom. The van der Waals surface area contributed by atoms with Crippen molar-refractivity contribution in [3.05, 3.63) is 41.4 Å². The van der Waals surface area contributed by atoms with Crippen LogP contribution in [-0.2, 0) is 14.4 Å². The molecule has 0 unspecified atom stereocenters. The zero-order chi connectivity index (χ0) is 22.8. The molecule has 0 aliphatic carbocycles.